The third kappa shape index (κ3) is 5.71. The summed E-state index contributed by atoms with van der Waals surface area (Å²) in [6, 6.07) is 7.06. The Labute approximate surface area is 120 Å². The number of aryl methyl sites for hydroxylation is 1. The maximum absolute atomic E-state index is 11.9. The Bertz CT molecular complexity index is 538. The van der Waals surface area contributed by atoms with Gasteiger partial charge < -0.3 is 10.6 Å². The summed E-state index contributed by atoms with van der Waals surface area (Å²) in [6.07, 6.45) is 0. The standard InChI is InChI=1S/C14H22N2O3S/c1-4-20(18,19)10-9-15-12(3)14(17)16-13-7-5-11(2)6-8-13/h5-8,12,15H,4,9-10H2,1-3H3,(H,16,17). The molecule has 0 fully saturated rings. The average molecular weight is 298 g/mol. The molecule has 2 N–H and O–H groups in total. The fourth-order valence-corrected chi connectivity index (χ4v) is 2.27. The normalized spacial score (nSPS) is 12.9. The number of benzene rings is 1. The van der Waals surface area contributed by atoms with Crippen molar-refractivity contribution in [3.63, 3.8) is 0 Å². The number of rotatable bonds is 7. The van der Waals surface area contributed by atoms with Crippen LogP contribution in [0, 0.1) is 6.92 Å². The molecule has 0 aliphatic heterocycles. The van der Waals surface area contributed by atoms with Crippen molar-refractivity contribution in [3.05, 3.63) is 29.8 Å². The molecular formula is C14H22N2O3S. The third-order valence-corrected chi connectivity index (χ3v) is 4.72. The van der Waals surface area contributed by atoms with E-state index in [0.29, 0.717) is 0 Å². The van der Waals surface area contributed by atoms with Gasteiger partial charge in [-0.2, -0.15) is 0 Å². The van der Waals surface area contributed by atoms with E-state index < -0.39 is 15.9 Å². The van der Waals surface area contributed by atoms with Crippen LogP contribution in [-0.2, 0) is 14.6 Å². The van der Waals surface area contributed by atoms with E-state index in [9.17, 15) is 13.2 Å². The summed E-state index contributed by atoms with van der Waals surface area (Å²) in [5.41, 5.74) is 1.86. The summed E-state index contributed by atoms with van der Waals surface area (Å²) in [5.74, 6) is -0.00710. The molecule has 1 aromatic carbocycles. The Hall–Kier alpha value is -1.40. The molecule has 0 bridgehead atoms. The molecule has 6 heteroatoms. The number of anilines is 1. The van der Waals surface area contributed by atoms with Gasteiger partial charge >= 0.3 is 0 Å². The van der Waals surface area contributed by atoms with Crippen LogP contribution in [-0.4, -0.2) is 38.4 Å². The van der Waals surface area contributed by atoms with Gasteiger partial charge in [-0.1, -0.05) is 24.6 Å². The zero-order chi connectivity index (χ0) is 15.2. The molecule has 0 aromatic heterocycles. The predicted molar refractivity (Wildman–Crippen MR) is 81.6 cm³/mol. The van der Waals surface area contributed by atoms with Gasteiger partial charge in [0.05, 0.1) is 11.8 Å². The zero-order valence-electron chi connectivity index (χ0n) is 12.1. The molecule has 5 nitrogen and oxygen atoms in total. The van der Waals surface area contributed by atoms with E-state index in [-0.39, 0.29) is 24.0 Å². The molecule has 0 radical (unpaired) electrons. The van der Waals surface area contributed by atoms with E-state index in [1.54, 1.807) is 13.8 Å². The molecule has 1 amide bonds. The maximum Gasteiger partial charge on any atom is 0.241 e. The first kappa shape index (κ1) is 16.7. The van der Waals surface area contributed by atoms with Crippen LogP contribution in [0.1, 0.15) is 19.4 Å². The van der Waals surface area contributed by atoms with Crippen LogP contribution in [0.2, 0.25) is 0 Å². The van der Waals surface area contributed by atoms with Crippen molar-refractivity contribution in [1.82, 2.24) is 5.32 Å². The third-order valence-electron chi connectivity index (χ3n) is 3.02. The molecule has 112 valence electrons. The van der Waals surface area contributed by atoms with Gasteiger partial charge in [-0.25, -0.2) is 8.42 Å². The summed E-state index contributed by atoms with van der Waals surface area (Å²) >= 11 is 0. The molecule has 0 aliphatic rings. The Morgan fingerprint density at radius 1 is 1.25 bits per heavy atom. The quantitative estimate of drug-likeness (QED) is 0.796. The van der Waals surface area contributed by atoms with Crippen molar-refractivity contribution in [3.8, 4) is 0 Å². The van der Waals surface area contributed by atoms with E-state index in [0.717, 1.165) is 11.3 Å². The lowest BCUT2D eigenvalue weighted by atomic mass is 10.2. The molecular weight excluding hydrogens is 276 g/mol. The van der Waals surface area contributed by atoms with Gasteiger partial charge in [-0.15, -0.1) is 0 Å². The number of hydrogen-bond donors (Lipinski definition) is 2. The average Bonchev–Trinajstić information content (AvgIpc) is 2.41. The SMILES string of the molecule is CCS(=O)(=O)CCNC(C)C(=O)Nc1ccc(C)cc1. The van der Waals surface area contributed by atoms with Crippen molar-refractivity contribution < 1.29 is 13.2 Å². The van der Waals surface area contributed by atoms with Gasteiger partial charge in [-0.3, -0.25) is 4.79 Å². The fraction of sp³-hybridized carbons (Fsp3) is 0.500. The van der Waals surface area contributed by atoms with Crippen LogP contribution >= 0.6 is 0 Å². The first-order valence-corrected chi connectivity index (χ1v) is 8.47. The minimum Gasteiger partial charge on any atom is -0.325 e. The molecule has 0 spiro atoms. The predicted octanol–water partition coefficient (Wildman–Crippen LogP) is 1.35. The van der Waals surface area contributed by atoms with Gasteiger partial charge in [0, 0.05) is 18.0 Å². The summed E-state index contributed by atoms with van der Waals surface area (Å²) in [6.45, 7) is 5.58. The van der Waals surface area contributed by atoms with Crippen molar-refractivity contribution >= 4 is 21.4 Å². The van der Waals surface area contributed by atoms with E-state index in [1.807, 2.05) is 31.2 Å². The van der Waals surface area contributed by atoms with E-state index in [1.165, 1.54) is 0 Å². The largest absolute Gasteiger partial charge is 0.325 e. The van der Waals surface area contributed by atoms with Gasteiger partial charge in [0.2, 0.25) is 5.91 Å². The number of carbonyl (C=O) groups excluding carboxylic acids is 1. The molecule has 0 aliphatic carbocycles. The van der Waals surface area contributed by atoms with Crippen LogP contribution in [0.25, 0.3) is 0 Å². The monoisotopic (exact) mass is 298 g/mol. The van der Waals surface area contributed by atoms with Crippen LogP contribution in [0.3, 0.4) is 0 Å². The first-order chi connectivity index (χ1) is 9.34. The number of sulfone groups is 1. The Balaban J connectivity index is 2.41. The molecule has 0 saturated carbocycles. The summed E-state index contributed by atoms with van der Waals surface area (Å²) in [7, 11) is -3.00. The minimum absolute atomic E-state index is 0.0473. The molecule has 1 atom stereocenters. The summed E-state index contributed by atoms with van der Waals surface area (Å²) in [4.78, 5) is 11.9. The highest BCUT2D eigenvalue weighted by molar-refractivity contribution is 7.91. The lowest BCUT2D eigenvalue weighted by Gasteiger charge is -2.14. The van der Waals surface area contributed by atoms with Crippen LogP contribution < -0.4 is 10.6 Å². The van der Waals surface area contributed by atoms with Gasteiger partial charge in [0.1, 0.15) is 0 Å². The van der Waals surface area contributed by atoms with Gasteiger partial charge in [-0.05, 0) is 26.0 Å². The van der Waals surface area contributed by atoms with Crippen molar-refractivity contribution in [2.45, 2.75) is 26.8 Å². The number of hydrogen-bond acceptors (Lipinski definition) is 4. The Morgan fingerprint density at radius 2 is 1.85 bits per heavy atom. The first-order valence-electron chi connectivity index (χ1n) is 6.65. The highest BCUT2D eigenvalue weighted by atomic mass is 32.2. The minimum atomic E-state index is -3.00. The van der Waals surface area contributed by atoms with E-state index >= 15 is 0 Å². The molecule has 0 saturated heterocycles. The Kier molecular flexibility index (Phi) is 6.16. The second kappa shape index (κ2) is 7.40. The van der Waals surface area contributed by atoms with Gasteiger partial charge in [0.15, 0.2) is 9.84 Å². The van der Waals surface area contributed by atoms with Crippen LogP contribution in [0.15, 0.2) is 24.3 Å². The second-order valence-corrected chi connectivity index (χ2v) is 7.24. The molecule has 1 aromatic rings. The van der Waals surface area contributed by atoms with Crippen molar-refractivity contribution in [2.24, 2.45) is 0 Å². The fourth-order valence-electron chi connectivity index (χ4n) is 1.56. The highest BCUT2D eigenvalue weighted by Crippen LogP contribution is 2.08. The number of amides is 1. The maximum atomic E-state index is 11.9. The molecule has 0 heterocycles. The lowest BCUT2D eigenvalue weighted by Crippen LogP contribution is -2.40. The van der Waals surface area contributed by atoms with Crippen LogP contribution in [0.5, 0.6) is 0 Å². The Morgan fingerprint density at radius 3 is 2.40 bits per heavy atom. The number of carbonyl (C=O) groups is 1. The highest BCUT2D eigenvalue weighted by Gasteiger charge is 2.14. The van der Waals surface area contributed by atoms with Gasteiger partial charge in [0.25, 0.3) is 0 Å². The summed E-state index contributed by atoms with van der Waals surface area (Å²) in [5, 5.41) is 5.69. The smallest absolute Gasteiger partial charge is 0.241 e. The molecule has 1 unspecified atom stereocenters. The molecule has 20 heavy (non-hydrogen) atoms. The number of nitrogens with one attached hydrogen (secondary N) is 2. The zero-order valence-corrected chi connectivity index (χ0v) is 13.0. The lowest BCUT2D eigenvalue weighted by molar-refractivity contribution is -0.117. The van der Waals surface area contributed by atoms with Crippen molar-refractivity contribution in [1.29, 1.82) is 0 Å². The topological polar surface area (TPSA) is 75.3 Å². The second-order valence-electron chi connectivity index (χ2n) is 4.77. The van der Waals surface area contributed by atoms with E-state index in [2.05, 4.69) is 10.6 Å². The van der Waals surface area contributed by atoms with E-state index in [4.69, 9.17) is 0 Å². The van der Waals surface area contributed by atoms with Crippen molar-refractivity contribution in [2.75, 3.05) is 23.4 Å². The molecule has 1 rings (SSSR count). The van der Waals surface area contributed by atoms with Crippen LogP contribution in [0.4, 0.5) is 5.69 Å². The summed E-state index contributed by atoms with van der Waals surface area (Å²) < 4.78 is 22.7.